The van der Waals surface area contributed by atoms with E-state index in [4.69, 9.17) is 38.5 Å². The summed E-state index contributed by atoms with van der Waals surface area (Å²) in [5.74, 6) is 0.488. The maximum Gasteiger partial charge on any atom is 0.466 e. The summed E-state index contributed by atoms with van der Waals surface area (Å²) in [6.07, 6.45) is 0. The van der Waals surface area contributed by atoms with Gasteiger partial charge in [0.25, 0.3) is 0 Å². The van der Waals surface area contributed by atoms with Crippen LogP contribution in [-0.4, -0.2) is 39.6 Å². The summed E-state index contributed by atoms with van der Waals surface area (Å²) in [4.78, 5) is 43.1. The van der Waals surface area contributed by atoms with Crippen molar-refractivity contribution in [3.05, 3.63) is 157 Å². The summed E-state index contributed by atoms with van der Waals surface area (Å²) in [5, 5.41) is 22.6. The van der Waals surface area contributed by atoms with Crippen LogP contribution in [0.1, 0.15) is 25.0 Å². The Morgan fingerprint density at radius 2 is 0.667 bits per heavy atom. The van der Waals surface area contributed by atoms with Gasteiger partial charge in [-0.2, -0.15) is 0 Å². The number of benzene rings is 6. The van der Waals surface area contributed by atoms with E-state index in [1.54, 1.807) is 12.1 Å². The summed E-state index contributed by atoms with van der Waals surface area (Å²) in [6, 6.07) is 48.5. The van der Waals surface area contributed by atoms with Crippen molar-refractivity contribution in [1.82, 2.24) is 0 Å². The topological polar surface area (TPSA) is 196 Å². The van der Waals surface area contributed by atoms with Crippen LogP contribution >= 0.6 is 15.6 Å². The summed E-state index contributed by atoms with van der Waals surface area (Å²) < 4.78 is 17.8. The molecule has 0 spiro atoms. The molecule has 0 unspecified atom stereocenters. The van der Waals surface area contributed by atoms with Crippen molar-refractivity contribution in [3.63, 3.8) is 0 Å². The number of aromatic hydroxyl groups is 2. The van der Waals surface area contributed by atoms with Crippen molar-refractivity contribution in [2.75, 3.05) is 0 Å². The molecule has 6 aromatic carbocycles. The smallest absolute Gasteiger partial charge is 0.466 e. The number of phenols is 2. The molecule has 0 aliphatic rings. The van der Waals surface area contributed by atoms with Gasteiger partial charge >= 0.3 is 15.6 Å². The molecule has 0 bridgehead atoms. The Balaban J connectivity index is 0.000000516. The van der Waals surface area contributed by atoms with Crippen LogP contribution < -0.4 is 0 Å². The van der Waals surface area contributed by atoms with Gasteiger partial charge in [-0.1, -0.05) is 147 Å². The van der Waals surface area contributed by atoms with Crippen molar-refractivity contribution in [2.24, 2.45) is 0 Å². The minimum absolute atomic E-state index is 0.233. The van der Waals surface area contributed by atoms with Crippen LogP contribution in [0.5, 0.6) is 11.5 Å². The van der Waals surface area contributed by atoms with Crippen molar-refractivity contribution in [3.8, 4) is 56.0 Å². The normalized spacial score (nSPS) is 11.5. The van der Waals surface area contributed by atoms with E-state index in [9.17, 15) is 10.2 Å². The van der Waals surface area contributed by atoms with Gasteiger partial charge in [0, 0.05) is 16.5 Å². The molecule has 0 amide bonds. The molecule has 0 saturated carbocycles. The first-order valence-corrected chi connectivity index (χ1v) is 18.6. The molecule has 51 heavy (non-hydrogen) atoms. The van der Waals surface area contributed by atoms with Gasteiger partial charge in [0.1, 0.15) is 11.5 Å². The first-order chi connectivity index (χ1) is 24.0. The van der Waals surface area contributed by atoms with E-state index >= 15 is 0 Å². The summed E-state index contributed by atoms with van der Waals surface area (Å²) >= 11 is 0. The van der Waals surface area contributed by atoms with Gasteiger partial charge in [0.05, 0.1) is 0 Å². The van der Waals surface area contributed by atoms with E-state index in [1.807, 2.05) is 84.9 Å². The summed E-state index contributed by atoms with van der Waals surface area (Å²) in [5.41, 5.74) is 9.19. The highest BCUT2D eigenvalue weighted by molar-refractivity contribution is 7.45. The number of phosphoric acid groups is 2. The van der Waals surface area contributed by atoms with Gasteiger partial charge in [-0.15, -0.1) is 0 Å². The van der Waals surface area contributed by atoms with E-state index in [0.29, 0.717) is 0 Å². The third kappa shape index (κ3) is 10.6. The molecule has 8 N–H and O–H groups in total. The zero-order valence-electron chi connectivity index (χ0n) is 27.6. The molecule has 264 valence electrons. The Morgan fingerprint density at radius 1 is 0.412 bits per heavy atom. The fourth-order valence-electron chi connectivity index (χ4n) is 5.94. The number of phenolic OH excluding ortho intramolecular Hbond substituents is 2. The van der Waals surface area contributed by atoms with Crippen molar-refractivity contribution in [2.45, 2.75) is 19.3 Å². The predicted octanol–water partition coefficient (Wildman–Crippen LogP) is 8.23. The van der Waals surface area contributed by atoms with E-state index in [2.05, 4.69) is 62.4 Å². The van der Waals surface area contributed by atoms with E-state index in [1.165, 1.54) is 0 Å². The first-order valence-electron chi connectivity index (χ1n) is 15.5. The predicted molar refractivity (Wildman–Crippen MR) is 199 cm³/mol. The lowest BCUT2D eigenvalue weighted by Gasteiger charge is -2.35. The third-order valence-electron chi connectivity index (χ3n) is 7.94. The first kappa shape index (κ1) is 38.9. The molecule has 0 aliphatic carbocycles. The van der Waals surface area contributed by atoms with Gasteiger partial charge in [-0.25, -0.2) is 9.13 Å². The van der Waals surface area contributed by atoms with Gasteiger partial charge < -0.3 is 39.6 Å². The quantitative estimate of drug-likeness (QED) is 0.0774. The largest absolute Gasteiger partial charge is 0.508 e. The maximum atomic E-state index is 12.4. The van der Waals surface area contributed by atoms with Crippen molar-refractivity contribution >= 4 is 15.6 Å². The van der Waals surface area contributed by atoms with Gasteiger partial charge in [0.15, 0.2) is 0 Å². The standard InChI is InChI=1S/C39H32O2.2H3O4P/c1-39(2,31-23-25-32(40)26-24-31)37-33(27-15-7-3-8-16-27)35(29-19-11-5-12-20-29)38(41)36(30-21-13-6-14-22-30)34(37)28-17-9-4-10-18-28;2*1-5(2,3)4/h3-26,40-41H,1-2H3;2*(H3,1,2,3,4). The number of rotatable bonds is 6. The summed E-state index contributed by atoms with van der Waals surface area (Å²) in [7, 11) is -9.28. The molecule has 0 saturated heterocycles. The molecule has 0 aromatic heterocycles. The zero-order chi connectivity index (χ0) is 37.4. The van der Waals surface area contributed by atoms with Crippen LogP contribution in [0.4, 0.5) is 0 Å². The van der Waals surface area contributed by atoms with Crippen LogP contribution in [0.3, 0.4) is 0 Å². The van der Waals surface area contributed by atoms with E-state index < -0.39 is 21.1 Å². The Hall–Kier alpha value is -4.86. The van der Waals surface area contributed by atoms with E-state index in [0.717, 1.165) is 55.6 Å². The van der Waals surface area contributed by atoms with Crippen LogP contribution in [0.2, 0.25) is 0 Å². The molecular formula is C39H38O10P2. The third-order valence-corrected chi connectivity index (χ3v) is 7.94. The number of hydrogen-bond donors (Lipinski definition) is 8. The molecule has 6 aromatic rings. The Morgan fingerprint density at radius 3 is 0.941 bits per heavy atom. The monoisotopic (exact) mass is 728 g/mol. The second-order valence-corrected chi connectivity index (χ2v) is 13.9. The van der Waals surface area contributed by atoms with Crippen molar-refractivity contribution in [1.29, 1.82) is 0 Å². The molecule has 6 rings (SSSR count). The lowest BCUT2D eigenvalue weighted by Crippen LogP contribution is -2.22. The molecule has 0 atom stereocenters. The Bertz CT molecular complexity index is 1990. The van der Waals surface area contributed by atoms with Crippen LogP contribution in [0, 0.1) is 0 Å². The second kappa shape index (κ2) is 16.4. The molecular weight excluding hydrogens is 690 g/mol. The molecule has 12 heteroatoms. The maximum absolute atomic E-state index is 12.4. The Kier molecular flexibility index (Phi) is 12.6. The van der Waals surface area contributed by atoms with Crippen LogP contribution in [0.25, 0.3) is 44.5 Å². The molecule has 0 heterocycles. The highest BCUT2D eigenvalue weighted by Gasteiger charge is 2.36. The zero-order valence-corrected chi connectivity index (χ0v) is 29.4. The average molecular weight is 729 g/mol. The van der Waals surface area contributed by atoms with Gasteiger partial charge in [-0.05, 0) is 56.6 Å². The number of hydrogen-bond acceptors (Lipinski definition) is 4. The molecule has 0 aliphatic heterocycles. The lowest BCUT2D eigenvalue weighted by atomic mass is 9.68. The lowest BCUT2D eigenvalue weighted by molar-refractivity contribution is 0.272. The van der Waals surface area contributed by atoms with Crippen molar-refractivity contribution < 1.29 is 48.7 Å². The van der Waals surface area contributed by atoms with Crippen LogP contribution in [-0.2, 0) is 14.5 Å². The highest BCUT2D eigenvalue weighted by atomic mass is 31.2. The van der Waals surface area contributed by atoms with Gasteiger partial charge in [-0.3, -0.25) is 0 Å². The molecule has 0 fully saturated rings. The van der Waals surface area contributed by atoms with Gasteiger partial charge in [0.2, 0.25) is 0 Å². The fraction of sp³-hybridized carbons (Fsp3) is 0.0769. The second-order valence-electron chi connectivity index (χ2n) is 11.9. The van der Waals surface area contributed by atoms with Crippen LogP contribution in [0.15, 0.2) is 146 Å². The van der Waals surface area contributed by atoms with E-state index in [-0.39, 0.29) is 11.5 Å². The highest BCUT2D eigenvalue weighted by Crippen LogP contribution is 2.56. The summed E-state index contributed by atoms with van der Waals surface area (Å²) in [6.45, 7) is 4.46. The molecule has 10 nitrogen and oxygen atoms in total. The fourth-order valence-corrected chi connectivity index (χ4v) is 5.94. The Labute approximate surface area is 295 Å². The minimum Gasteiger partial charge on any atom is -0.508 e. The minimum atomic E-state index is -4.64. The average Bonchev–Trinajstić information content (AvgIpc) is 3.08. The molecule has 0 radical (unpaired) electrons. The SMILES string of the molecule is CC(C)(c1ccc(O)cc1)c1c(-c2ccccc2)c(-c2ccccc2)c(O)c(-c2ccccc2)c1-c1ccccc1.O=P(O)(O)O.O=P(O)(O)O.